The maximum absolute atomic E-state index is 12.5. The maximum Gasteiger partial charge on any atom is 0.349 e. The summed E-state index contributed by atoms with van der Waals surface area (Å²) in [4.78, 5) is 28.2. The molecule has 1 saturated carbocycles. The van der Waals surface area contributed by atoms with Crippen molar-refractivity contribution in [2.45, 2.75) is 51.6 Å². The van der Waals surface area contributed by atoms with Gasteiger partial charge in [0.15, 0.2) is 0 Å². The molecule has 2 aliphatic rings. The van der Waals surface area contributed by atoms with E-state index in [1.807, 2.05) is 0 Å². The molecule has 1 amide bonds. The van der Waals surface area contributed by atoms with Gasteiger partial charge in [-0.15, -0.1) is 12.4 Å². The van der Waals surface area contributed by atoms with Crippen molar-refractivity contribution in [3.05, 3.63) is 21.7 Å². The first-order chi connectivity index (χ1) is 9.66. The van der Waals surface area contributed by atoms with Crippen LogP contribution >= 0.6 is 12.4 Å². The van der Waals surface area contributed by atoms with Crippen molar-refractivity contribution in [3.63, 3.8) is 0 Å². The molecule has 0 aromatic carbocycles. The van der Waals surface area contributed by atoms with Crippen molar-refractivity contribution in [2.24, 2.45) is 0 Å². The van der Waals surface area contributed by atoms with Gasteiger partial charge in [-0.25, -0.2) is 4.79 Å². The summed E-state index contributed by atoms with van der Waals surface area (Å²) < 4.78 is 1.54. The van der Waals surface area contributed by atoms with E-state index in [4.69, 9.17) is 0 Å². The van der Waals surface area contributed by atoms with Gasteiger partial charge >= 0.3 is 5.69 Å². The molecule has 1 aliphatic heterocycles. The highest BCUT2D eigenvalue weighted by molar-refractivity contribution is 6.00. The summed E-state index contributed by atoms with van der Waals surface area (Å²) in [6.45, 7) is 2.97. The van der Waals surface area contributed by atoms with Gasteiger partial charge in [-0.2, -0.15) is 4.98 Å². The number of aromatic nitrogens is 2. The van der Waals surface area contributed by atoms with Gasteiger partial charge in [0.25, 0.3) is 5.91 Å². The Morgan fingerprint density at radius 1 is 1.33 bits per heavy atom. The van der Waals surface area contributed by atoms with Crippen molar-refractivity contribution >= 4 is 24.1 Å². The molecule has 0 bridgehead atoms. The molecule has 7 heteroatoms. The predicted octanol–water partition coefficient (Wildman–Crippen LogP) is 1.46. The monoisotopic (exact) mass is 312 g/mol. The van der Waals surface area contributed by atoms with Gasteiger partial charge in [0.05, 0.1) is 5.69 Å². The fraction of sp³-hybridized carbons (Fsp3) is 0.643. The lowest BCUT2D eigenvalue weighted by Gasteiger charge is -2.23. The van der Waals surface area contributed by atoms with Crippen LogP contribution in [0.3, 0.4) is 0 Å². The Bertz CT molecular complexity index is 593. The standard InChI is InChI=1S/C14H20N4O2.ClH/c1-9-11(12-15-7-8-18(12)14(20)16-9)13(19)17-10-5-3-2-4-6-10;/h10,15H,2-8H2,1H3,(H,17,19);1H. The van der Waals surface area contributed by atoms with Crippen LogP contribution in [0.25, 0.3) is 0 Å². The number of amides is 1. The van der Waals surface area contributed by atoms with Gasteiger partial charge < -0.3 is 10.6 Å². The van der Waals surface area contributed by atoms with E-state index in [0.717, 1.165) is 12.8 Å². The average Bonchev–Trinajstić information content (AvgIpc) is 2.89. The molecule has 3 rings (SSSR count). The summed E-state index contributed by atoms with van der Waals surface area (Å²) in [6.07, 6.45) is 5.69. The van der Waals surface area contributed by atoms with Crippen LogP contribution in [0.15, 0.2) is 4.79 Å². The molecule has 1 aromatic rings. The molecular formula is C14H21ClN4O2. The number of halogens is 1. The Labute approximate surface area is 129 Å². The van der Waals surface area contributed by atoms with Crippen LogP contribution in [0, 0.1) is 6.92 Å². The van der Waals surface area contributed by atoms with E-state index in [1.54, 1.807) is 11.5 Å². The van der Waals surface area contributed by atoms with Crippen molar-refractivity contribution in [1.29, 1.82) is 0 Å². The Hall–Kier alpha value is -1.56. The highest BCUT2D eigenvalue weighted by Crippen LogP contribution is 2.22. The van der Waals surface area contributed by atoms with Crippen LogP contribution in [-0.4, -0.2) is 28.0 Å². The fourth-order valence-corrected chi connectivity index (χ4v) is 3.12. The molecule has 0 radical (unpaired) electrons. The van der Waals surface area contributed by atoms with Crippen LogP contribution in [0.1, 0.15) is 48.2 Å². The minimum Gasteiger partial charge on any atom is -0.369 e. The Morgan fingerprint density at radius 3 is 2.76 bits per heavy atom. The van der Waals surface area contributed by atoms with Crippen LogP contribution in [0.5, 0.6) is 0 Å². The molecule has 1 aromatic heterocycles. The second kappa shape index (κ2) is 6.47. The van der Waals surface area contributed by atoms with Gasteiger partial charge in [-0.1, -0.05) is 19.3 Å². The minimum absolute atomic E-state index is 0. The van der Waals surface area contributed by atoms with E-state index in [1.165, 1.54) is 19.3 Å². The molecule has 0 atom stereocenters. The zero-order valence-electron chi connectivity index (χ0n) is 12.1. The van der Waals surface area contributed by atoms with Crippen LogP contribution < -0.4 is 16.3 Å². The summed E-state index contributed by atoms with van der Waals surface area (Å²) in [5.41, 5.74) is 0.744. The zero-order chi connectivity index (χ0) is 14.1. The van der Waals surface area contributed by atoms with Gasteiger partial charge in [0, 0.05) is 19.1 Å². The molecular weight excluding hydrogens is 292 g/mol. The largest absolute Gasteiger partial charge is 0.369 e. The Morgan fingerprint density at radius 2 is 2.05 bits per heavy atom. The number of nitrogens with zero attached hydrogens (tertiary/aromatic N) is 2. The van der Waals surface area contributed by atoms with Crippen LogP contribution in [-0.2, 0) is 6.54 Å². The quantitative estimate of drug-likeness (QED) is 0.867. The number of hydrogen-bond acceptors (Lipinski definition) is 4. The maximum atomic E-state index is 12.5. The highest BCUT2D eigenvalue weighted by atomic mass is 35.5. The molecule has 0 saturated heterocycles. The number of hydrogen-bond donors (Lipinski definition) is 2. The topological polar surface area (TPSA) is 76.0 Å². The minimum atomic E-state index is -0.281. The number of fused-ring (bicyclic) bond motifs is 1. The van der Waals surface area contributed by atoms with Gasteiger partial charge in [0.1, 0.15) is 11.4 Å². The van der Waals surface area contributed by atoms with Gasteiger partial charge in [0.2, 0.25) is 0 Å². The third-order valence-corrected chi connectivity index (χ3v) is 4.16. The summed E-state index contributed by atoms with van der Waals surface area (Å²) in [6, 6.07) is 0.254. The summed E-state index contributed by atoms with van der Waals surface area (Å²) in [5, 5.41) is 6.22. The number of nitrogens with one attached hydrogen (secondary N) is 2. The van der Waals surface area contributed by atoms with Crippen molar-refractivity contribution in [2.75, 3.05) is 11.9 Å². The molecule has 6 nitrogen and oxygen atoms in total. The van der Waals surface area contributed by atoms with Crippen molar-refractivity contribution in [3.8, 4) is 0 Å². The lowest BCUT2D eigenvalue weighted by atomic mass is 9.95. The summed E-state index contributed by atoms with van der Waals surface area (Å²) >= 11 is 0. The third kappa shape index (κ3) is 3.05. The molecule has 1 fully saturated rings. The first-order valence-corrected chi connectivity index (χ1v) is 7.33. The van der Waals surface area contributed by atoms with Crippen molar-refractivity contribution in [1.82, 2.24) is 14.9 Å². The number of rotatable bonds is 2. The van der Waals surface area contributed by atoms with Crippen LogP contribution in [0.4, 0.5) is 5.82 Å². The average molecular weight is 313 g/mol. The molecule has 1 aliphatic carbocycles. The second-order valence-electron chi connectivity index (χ2n) is 5.59. The second-order valence-corrected chi connectivity index (χ2v) is 5.59. The number of aryl methyl sites for hydroxylation is 1. The van der Waals surface area contributed by atoms with E-state index in [-0.39, 0.29) is 30.0 Å². The van der Waals surface area contributed by atoms with E-state index < -0.39 is 0 Å². The highest BCUT2D eigenvalue weighted by Gasteiger charge is 2.25. The molecule has 2 N–H and O–H groups in total. The third-order valence-electron chi connectivity index (χ3n) is 4.16. The van der Waals surface area contributed by atoms with E-state index in [9.17, 15) is 9.59 Å². The Balaban J connectivity index is 0.00000161. The predicted molar refractivity (Wildman–Crippen MR) is 83.3 cm³/mol. The molecule has 0 unspecified atom stereocenters. The smallest absolute Gasteiger partial charge is 0.349 e. The van der Waals surface area contributed by atoms with Crippen molar-refractivity contribution < 1.29 is 4.79 Å². The van der Waals surface area contributed by atoms with E-state index in [0.29, 0.717) is 30.2 Å². The number of anilines is 1. The molecule has 2 heterocycles. The van der Waals surface area contributed by atoms with Gasteiger partial charge in [-0.05, 0) is 19.8 Å². The Kier molecular flexibility index (Phi) is 4.88. The normalized spacial score (nSPS) is 17.6. The van der Waals surface area contributed by atoms with Gasteiger partial charge in [-0.3, -0.25) is 9.36 Å². The molecule has 0 spiro atoms. The summed E-state index contributed by atoms with van der Waals surface area (Å²) in [7, 11) is 0. The SMILES string of the molecule is Cc1nc(=O)n2c(c1C(=O)NC1CCCCC1)NCC2.Cl. The number of carbonyl (C=O) groups excluding carboxylic acids is 1. The first-order valence-electron chi connectivity index (χ1n) is 7.33. The molecule has 116 valence electrons. The fourth-order valence-electron chi connectivity index (χ4n) is 3.12. The first kappa shape index (κ1) is 15.8. The zero-order valence-corrected chi connectivity index (χ0v) is 13.0. The van der Waals surface area contributed by atoms with Crippen LogP contribution in [0.2, 0.25) is 0 Å². The molecule has 21 heavy (non-hydrogen) atoms. The summed E-state index contributed by atoms with van der Waals surface area (Å²) in [5.74, 6) is 0.510. The lowest BCUT2D eigenvalue weighted by Crippen LogP contribution is -2.38. The lowest BCUT2D eigenvalue weighted by molar-refractivity contribution is 0.0927. The van der Waals surface area contributed by atoms with E-state index >= 15 is 0 Å². The number of carbonyl (C=O) groups is 1. The van der Waals surface area contributed by atoms with E-state index in [2.05, 4.69) is 15.6 Å².